The number of benzene rings is 1. The van der Waals surface area contributed by atoms with Crippen molar-refractivity contribution in [1.29, 1.82) is 0 Å². The summed E-state index contributed by atoms with van der Waals surface area (Å²) in [5.74, 6) is 1.32. The molecule has 1 aromatic rings. The van der Waals surface area contributed by atoms with Crippen molar-refractivity contribution < 1.29 is 9.53 Å². The van der Waals surface area contributed by atoms with Gasteiger partial charge >= 0.3 is 0 Å². The van der Waals surface area contributed by atoms with E-state index in [1.165, 1.54) is 0 Å². The molecule has 3 nitrogen and oxygen atoms in total. The van der Waals surface area contributed by atoms with Crippen molar-refractivity contribution >= 4 is 5.91 Å². The SMILES string of the molecule is O=C1NCCC1CCCOc1ccccc1. The second kappa shape index (κ2) is 5.54. The average molecular weight is 219 g/mol. The third-order valence-corrected chi connectivity index (χ3v) is 2.87. The Kier molecular flexibility index (Phi) is 3.81. The Morgan fingerprint density at radius 2 is 2.12 bits per heavy atom. The summed E-state index contributed by atoms with van der Waals surface area (Å²) in [6.07, 6.45) is 2.84. The molecule has 1 atom stereocenters. The van der Waals surface area contributed by atoms with Gasteiger partial charge in [-0.15, -0.1) is 0 Å². The smallest absolute Gasteiger partial charge is 0.223 e. The molecular weight excluding hydrogens is 202 g/mol. The normalized spacial score (nSPS) is 19.5. The average Bonchev–Trinajstić information content (AvgIpc) is 2.72. The van der Waals surface area contributed by atoms with Crippen LogP contribution >= 0.6 is 0 Å². The summed E-state index contributed by atoms with van der Waals surface area (Å²) in [6.45, 7) is 1.52. The second-order valence-corrected chi connectivity index (χ2v) is 4.08. The zero-order valence-electron chi connectivity index (χ0n) is 9.32. The highest BCUT2D eigenvalue weighted by Gasteiger charge is 2.22. The number of para-hydroxylation sites is 1. The van der Waals surface area contributed by atoms with Crippen LogP contribution in [0, 0.1) is 5.92 Å². The molecule has 1 heterocycles. The standard InChI is InChI=1S/C13H17NO2/c15-13-11(8-9-14-13)5-4-10-16-12-6-2-1-3-7-12/h1-3,6-7,11H,4-5,8-10H2,(H,14,15). The summed E-state index contributed by atoms with van der Waals surface area (Å²) >= 11 is 0. The molecule has 1 fully saturated rings. The number of amides is 1. The number of nitrogens with one attached hydrogen (secondary N) is 1. The predicted molar refractivity (Wildman–Crippen MR) is 62.3 cm³/mol. The van der Waals surface area contributed by atoms with E-state index in [0.29, 0.717) is 6.61 Å². The van der Waals surface area contributed by atoms with E-state index in [4.69, 9.17) is 4.74 Å². The maximum absolute atomic E-state index is 11.3. The van der Waals surface area contributed by atoms with E-state index in [2.05, 4.69) is 5.32 Å². The summed E-state index contributed by atoms with van der Waals surface area (Å²) in [4.78, 5) is 11.3. The Labute approximate surface area is 95.8 Å². The topological polar surface area (TPSA) is 38.3 Å². The molecule has 1 aromatic carbocycles. The van der Waals surface area contributed by atoms with E-state index in [9.17, 15) is 4.79 Å². The van der Waals surface area contributed by atoms with Gasteiger partial charge in [0.1, 0.15) is 5.75 Å². The van der Waals surface area contributed by atoms with E-state index in [-0.39, 0.29) is 11.8 Å². The number of carbonyl (C=O) groups excluding carboxylic acids is 1. The van der Waals surface area contributed by atoms with Crippen LogP contribution in [0.3, 0.4) is 0 Å². The lowest BCUT2D eigenvalue weighted by molar-refractivity contribution is -0.122. The Morgan fingerprint density at radius 1 is 1.31 bits per heavy atom. The highest BCUT2D eigenvalue weighted by Crippen LogP contribution is 2.16. The van der Waals surface area contributed by atoms with E-state index in [1.807, 2.05) is 30.3 Å². The van der Waals surface area contributed by atoms with Gasteiger partial charge in [0.15, 0.2) is 0 Å². The molecule has 3 heteroatoms. The largest absolute Gasteiger partial charge is 0.494 e. The first-order chi connectivity index (χ1) is 7.86. The first-order valence-corrected chi connectivity index (χ1v) is 5.82. The minimum Gasteiger partial charge on any atom is -0.494 e. The van der Waals surface area contributed by atoms with Gasteiger partial charge in [0.05, 0.1) is 6.61 Å². The fraction of sp³-hybridized carbons (Fsp3) is 0.462. The molecule has 1 aliphatic heterocycles. The second-order valence-electron chi connectivity index (χ2n) is 4.08. The van der Waals surface area contributed by atoms with Gasteiger partial charge in [-0.3, -0.25) is 4.79 Å². The van der Waals surface area contributed by atoms with Crippen molar-refractivity contribution in [3.63, 3.8) is 0 Å². The minimum absolute atomic E-state index is 0.208. The number of ether oxygens (including phenoxy) is 1. The summed E-state index contributed by atoms with van der Waals surface area (Å²) in [5.41, 5.74) is 0. The van der Waals surface area contributed by atoms with Crippen LogP contribution in [-0.2, 0) is 4.79 Å². The molecule has 1 N–H and O–H groups in total. The minimum atomic E-state index is 0.208. The zero-order valence-corrected chi connectivity index (χ0v) is 9.32. The highest BCUT2D eigenvalue weighted by atomic mass is 16.5. The fourth-order valence-electron chi connectivity index (χ4n) is 1.96. The van der Waals surface area contributed by atoms with Crippen molar-refractivity contribution in [3.05, 3.63) is 30.3 Å². The molecule has 0 saturated carbocycles. The van der Waals surface area contributed by atoms with Gasteiger partial charge in [0.2, 0.25) is 5.91 Å². The van der Waals surface area contributed by atoms with Gasteiger partial charge < -0.3 is 10.1 Å². The molecule has 86 valence electrons. The molecule has 0 spiro atoms. The first-order valence-electron chi connectivity index (χ1n) is 5.82. The van der Waals surface area contributed by atoms with E-state index < -0.39 is 0 Å². The first kappa shape index (κ1) is 11.0. The number of hydrogen-bond acceptors (Lipinski definition) is 2. The quantitative estimate of drug-likeness (QED) is 0.769. The lowest BCUT2D eigenvalue weighted by Gasteiger charge is -2.08. The highest BCUT2D eigenvalue weighted by molar-refractivity contribution is 5.80. The van der Waals surface area contributed by atoms with Crippen LogP contribution in [-0.4, -0.2) is 19.1 Å². The summed E-state index contributed by atoms with van der Waals surface area (Å²) in [6, 6.07) is 9.78. The lowest BCUT2D eigenvalue weighted by Crippen LogP contribution is -2.19. The molecule has 16 heavy (non-hydrogen) atoms. The number of rotatable bonds is 5. The third kappa shape index (κ3) is 2.99. The molecule has 0 aliphatic carbocycles. The summed E-state index contributed by atoms with van der Waals surface area (Å²) < 4.78 is 5.57. The Bertz CT molecular complexity index is 337. The van der Waals surface area contributed by atoms with E-state index >= 15 is 0 Å². The van der Waals surface area contributed by atoms with Crippen LogP contribution in [0.2, 0.25) is 0 Å². The van der Waals surface area contributed by atoms with Crippen molar-refractivity contribution in [2.75, 3.05) is 13.2 Å². The van der Waals surface area contributed by atoms with Gasteiger partial charge in [0.25, 0.3) is 0 Å². The zero-order chi connectivity index (χ0) is 11.2. The van der Waals surface area contributed by atoms with Crippen LogP contribution in [0.25, 0.3) is 0 Å². The maximum Gasteiger partial charge on any atom is 0.223 e. The maximum atomic E-state index is 11.3. The van der Waals surface area contributed by atoms with Crippen LogP contribution in [0.1, 0.15) is 19.3 Å². The predicted octanol–water partition coefficient (Wildman–Crippen LogP) is 1.98. The van der Waals surface area contributed by atoms with E-state index in [0.717, 1.165) is 31.6 Å². The van der Waals surface area contributed by atoms with E-state index in [1.54, 1.807) is 0 Å². The lowest BCUT2D eigenvalue weighted by atomic mass is 10.0. The fourth-order valence-corrected chi connectivity index (χ4v) is 1.96. The Hall–Kier alpha value is -1.51. The van der Waals surface area contributed by atoms with Gasteiger partial charge in [-0.1, -0.05) is 18.2 Å². The van der Waals surface area contributed by atoms with Crippen molar-refractivity contribution in [3.8, 4) is 5.75 Å². The number of carbonyl (C=O) groups is 1. The van der Waals surface area contributed by atoms with Crippen LogP contribution in [0.4, 0.5) is 0 Å². The molecule has 1 amide bonds. The molecular formula is C13H17NO2. The molecule has 2 rings (SSSR count). The Balaban J connectivity index is 1.64. The van der Waals surface area contributed by atoms with Crippen LogP contribution < -0.4 is 10.1 Å². The van der Waals surface area contributed by atoms with Gasteiger partial charge in [0, 0.05) is 12.5 Å². The molecule has 0 aromatic heterocycles. The molecule has 1 saturated heterocycles. The van der Waals surface area contributed by atoms with Gasteiger partial charge in [-0.25, -0.2) is 0 Å². The van der Waals surface area contributed by atoms with Gasteiger partial charge in [-0.2, -0.15) is 0 Å². The molecule has 1 aliphatic rings. The molecule has 1 unspecified atom stereocenters. The molecule has 0 radical (unpaired) electrons. The third-order valence-electron chi connectivity index (χ3n) is 2.87. The molecule has 0 bridgehead atoms. The monoisotopic (exact) mass is 219 g/mol. The summed E-state index contributed by atoms with van der Waals surface area (Å²) in [5, 5.41) is 2.85. The number of hydrogen-bond donors (Lipinski definition) is 1. The van der Waals surface area contributed by atoms with Crippen LogP contribution in [0.15, 0.2) is 30.3 Å². The van der Waals surface area contributed by atoms with Crippen molar-refractivity contribution in [2.45, 2.75) is 19.3 Å². The van der Waals surface area contributed by atoms with Crippen molar-refractivity contribution in [1.82, 2.24) is 5.32 Å². The van der Waals surface area contributed by atoms with Crippen LogP contribution in [0.5, 0.6) is 5.75 Å². The summed E-state index contributed by atoms with van der Waals surface area (Å²) in [7, 11) is 0. The van der Waals surface area contributed by atoms with Gasteiger partial charge in [-0.05, 0) is 31.4 Å². The Morgan fingerprint density at radius 3 is 2.81 bits per heavy atom. The van der Waals surface area contributed by atoms with Crippen molar-refractivity contribution in [2.24, 2.45) is 5.92 Å².